The molecule has 0 saturated heterocycles. The number of carbonyl (C=O) groups excluding carboxylic acids is 1. The van der Waals surface area contributed by atoms with Crippen molar-refractivity contribution >= 4 is 5.78 Å². The molecule has 1 heterocycles. The van der Waals surface area contributed by atoms with E-state index in [9.17, 15) is 4.79 Å². The molecule has 0 spiro atoms. The predicted octanol–water partition coefficient (Wildman–Crippen LogP) is 1.81. The molecular formula is C10H16N2O. The van der Waals surface area contributed by atoms with Gasteiger partial charge in [0, 0.05) is 19.2 Å². The first-order chi connectivity index (χ1) is 6.22. The molecule has 0 aliphatic heterocycles. The van der Waals surface area contributed by atoms with Crippen LogP contribution in [0, 0.1) is 0 Å². The zero-order chi connectivity index (χ0) is 9.68. The Labute approximate surface area is 78.8 Å². The van der Waals surface area contributed by atoms with Crippen LogP contribution in [0.2, 0.25) is 0 Å². The number of rotatable bonds is 5. The highest BCUT2D eigenvalue weighted by atomic mass is 16.1. The van der Waals surface area contributed by atoms with Gasteiger partial charge in [-0.15, -0.1) is 0 Å². The summed E-state index contributed by atoms with van der Waals surface area (Å²) in [6, 6.07) is 0. The van der Waals surface area contributed by atoms with E-state index in [1.165, 1.54) is 0 Å². The maximum atomic E-state index is 10.7. The lowest BCUT2D eigenvalue weighted by Crippen LogP contribution is -1.96. The van der Waals surface area contributed by atoms with Crippen LogP contribution in [-0.4, -0.2) is 15.6 Å². The van der Waals surface area contributed by atoms with E-state index in [1.54, 1.807) is 6.92 Å². The number of aryl methyl sites for hydroxylation is 2. The number of hydrogen-bond donors (Lipinski definition) is 0. The van der Waals surface area contributed by atoms with Crippen LogP contribution >= 0.6 is 0 Å². The SMILES string of the molecule is CCCn1cc(CCC(C)=O)cn1. The van der Waals surface area contributed by atoms with Gasteiger partial charge in [0.1, 0.15) is 5.78 Å². The van der Waals surface area contributed by atoms with Gasteiger partial charge in [-0.25, -0.2) is 0 Å². The minimum Gasteiger partial charge on any atom is -0.300 e. The van der Waals surface area contributed by atoms with Crippen molar-refractivity contribution in [1.82, 2.24) is 9.78 Å². The fourth-order valence-electron chi connectivity index (χ4n) is 1.21. The second-order valence-electron chi connectivity index (χ2n) is 3.31. The Morgan fingerprint density at radius 1 is 1.62 bits per heavy atom. The van der Waals surface area contributed by atoms with Gasteiger partial charge >= 0.3 is 0 Å². The largest absolute Gasteiger partial charge is 0.300 e. The first kappa shape index (κ1) is 9.96. The van der Waals surface area contributed by atoms with E-state index >= 15 is 0 Å². The first-order valence-electron chi connectivity index (χ1n) is 4.73. The van der Waals surface area contributed by atoms with Gasteiger partial charge in [0.05, 0.1) is 6.20 Å². The first-order valence-corrected chi connectivity index (χ1v) is 4.73. The fraction of sp³-hybridized carbons (Fsp3) is 0.600. The lowest BCUT2D eigenvalue weighted by molar-refractivity contribution is -0.116. The second kappa shape index (κ2) is 4.80. The minimum absolute atomic E-state index is 0.239. The molecule has 13 heavy (non-hydrogen) atoms. The van der Waals surface area contributed by atoms with Gasteiger partial charge in [0.2, 0.25) is 0 Å². The second-order valence-corrected chi connectivity index (χ2v) is 3.31. The van der Waals surface area contributed by atoms with E-state index in [0.717, 1.165) is 24.9 Å². The summed E-state index contributed by atoms with van der Waals surface area (Å²) < 4.78 is 1.93. The lowest BCUT2D eigenvalue weighted by atomic mass is 10.1. The maximum absolute atomic E-state index is 10.7. The molecule has 0 bridgehead atoms. The average molecular weight is 180 g/mol. The van der Waals surface area contributed by atoms with Crippen molar-refractivity contribution in [3.8, 4) is 0 Å². The van der Waals surface area contributed by atoms with Crippen LogP contribution in [0.15, 0.2) is 12.4 Å². The van der Waals surface area contributed by atoms with E-state index < -0.39 is 0 Å². The Morgan fingerprint density at radius 3 is 3.00 bits per heavy atom. The van der Waals surface area contributed by atoms with Crippen LogP contribution in [0.3, 0.4) is 0 Å². The molecule has 0 N–H and O–H groups in total. The Bertz CT molecular complexity index is 278. The number of ketones is 1. The van der Waals surface area contributed by atoms with Crippen molar-refractivity contribution in [1.29, 1.82) is 0 Å². The summed E-state index contributed by atoms with van der Waals surface area (Å²) in [6.45, 7) is 4.70. The molecule has 0 aromatic carbocycles. The Hall–Kier alpha value is -1.12. The number of aromatic nitrogens is 2. The highest BCUT2D eigenvalue weighted by Crippen LogP contribution is 2.02. The monoisotopic (exact) mass is 180 g/mol. The summed E-state index contributed by atoms with van der Waals surface area (Å²) >= 11 is 0. The summed E-state index contributed by atoms with van der Waals surface area (Å²) in [6.07, 6.45) is 6.40. The highest BCUT2D eigenvalue weighted by molar-refractivity contribution is 5.75. The van der Waals surface area contributed by atoms with Crippen LogP contribution in [0.1, 0.15) is 32.3 Å². The summed E-state index contributed by atoms with van der Waals surface area (Å²) in [5.41, 5.74) is 1.16. The quantitative estimate of drug-likeness (QED) is 0.692. The minimum atomic E-state index is 0.239. The Balaban J connectivity index is 2.44. The standard InChI is InChI=1S/C10H16N2O/c1-3-6-12-8-10(7-11-12)5-4-9(2)13/h7-8H,3-6H2,1-2H3. The number of carbonyl (C=O) groups is 1. The lowest BCUT2D eigenvalue weighted by Gasteiger charge is -1.95. The van der Waals surface area contributed by atoms with Gasteiger partial charge in [-0.3, -0.25) is 4.68 Å². The summed E-state index contributed by atoms with van der Waals surface area (Å²) in [4.78, 5) is 10.7. The van der Waals surface area contributed by atoms with Crippen LogP contribution < -0.4 is 0 Å². The normalized spacial score (nSPS) is 10.3. The molecular weight excluding hydrogens is 164 g/mol. The van der Waals surface area contributed by atoms with Gasteiger partial charge in [0.25, 0.3) is 0 Å². The molecule has 3 nitrogen and oxygen atoms in total. The fourth-order valence-corrected chi connectivity index (χ4v) is 1.21. The van der Waals surface area contributed by atoms with E-state index in [0.29, 0.717) is 6.42 Å². The third-order valence-corrected chi connectivity index (χ3v) is 1.91. The van der Waals surface area contributed by atoms with Gasteiger partial charge in [-0.2, -0.15) is 5.10 Å². The molecule has 72 valence electrons. The van der Waals surface area contributed by atoms with E-state index in [1.807, 2.05) is 17.1 Å². The molecule has 0 fully saturated rings. The van der Waals surface area contributed by atoms with Crippen molar-refractivity contribution in [3.05, 3.63) is 18.0 Å². The molecule has 1 rings (SSSR count). The summed E-state index contributed by atoms with van der Waals surface area (Å²) in [5, 5.41) is 4.19. The van der Waals surface area contributed by atoms with Crippen molar-refractivity contribution < 1.29 is 4.79 Å². The van der Waals surface area contributed by atoms with E-state index in [2.05, 4.69) is 12.0 Å². The predicted molar refractivity (Wildman–Crippen MR) is 51.5 cm³/mol. The van der Waals surface area contributed by atoms with Gasteiger partial charge in [0.15, 0.2) is 0 Å². The van der Waals surface area contributed by atoms with Gasteiger partial charge in [-0.05, 0) is 25.3 Å². The number of hydrogen-bond acceptors (Lipinski definition) is 2. The molecule has 3 heteroatoms. The van der Waals surface area contributed by atoms with Gasteiger partial charge < -0.3 is 4.79 Å². The number of Topliss-reactive ketones (excluding diaryl/α,β-unsaturated/α-hetero) is 1. The van der Waals surface area contributed by atoms with Crippen molar-refractivity contribution in [3.63, 3.8) is 0 Å². The molecule has 0 unspecified atom stereocenters. The molecule has 0 atom stereocenters. The molecule has 0 radical (unpaired) electrons. The molecule has 0 aliphatic carbocycles. The van der Waals surface area contributed by atoms with Crippen molar-refractivity contribution in [2.45, 2.75) is 39.7 Å². The molecule has 0 amide bonds. The van der Waals surface area contributed by atoms with Crippen molar-refractivity contribution in [2.75, 3.05) is 0 Å². The van der Waals surface area contributed by atoms with Crippen LogP contribution in [0.25, 0.3) is 0 Å². The zero-order valence-corrected chi connectivity index (χ0v) is 8.29. The molecule has 0 saturated carbocycles. The highest BCUT2D eigenvalue weighted by Gasteiger charge is 1.99. The number of nitrogens with zero attached hydrogens (tertiary/aromatic N) is 2. The smallest absolute Gasteiger partial charge is 0.130 e. The van der Waals surface area contributed by atoms with E-state index in [-0.39, 0.29) is 5.78 Å². The topological polar surface area (TPSA) is 34.9 Å². The van der Waals surface area contributed by atoms with Crippen LogP contribution in [0.5, 0.6) is 0 Å². The van der Waals surface area contributed by atoms with Crippen LogP contribution in [0.4, 0.5) is 0 Å². The maximum Gasteiger partial charge on any atom is 0.130 e. The van der Waals surface area contributed by atoms with Crippen molar-refractivity contribution in [2.24, 2.45) is 0 Å². The van der Waals surface area contributed by atoms with Gasteiger partial charge in [-0.1, -0.05) is 6.92 Å². The zero-order valence-electron chi connectivity index (χ0n) is 8.29. The molecule has 1 aromatic heterocycles. The Kier molecular flexibility index (Phi) is 3.68. The summed E-state index contributed by atoms with van der Waals surface area (Å²) in [7, 11) is 0. The van der Waals surface area contributed by atoms with E-state index in [4.69, 9.17) is 0 Å². The average Bonchev–Trinajstić information content (AvgIpc) is 2.50. The summed E-state index contributed by atoms with van der Waals surface area (Å²) in [5.74, 6) is 0.239. The third-order valence-electron chi connectivity index (χ3n) is 1.91. The molecule has 0 aliphatic rings. The van der Waals surface area contributed by atoms with Crippen LogP contribution in [-0.2, 0) is 17.8 Å². The third kappa shape index (κ3) is 3.40. The Morgan fingerprint density at radius 2 is 2.38 bits per heavy atom. The molecule has 1 aromatic rings.